The van der Waals surface area contributed by atoms with Gasteiger partial charge in [0.05, 0.1) is 23.5 Å². The highest BCUT2D eigenvalue weighted by atomic mass is 32.2. The van der Waals surface area contributed by atoms with Crippen molar-refractivity contribution >= 4 is 35.0 Å². The molecule has 2 rings (SSSR count). The van der Waals surface area contributed by atoms with Crippen molar-refractivity contribution in [1.29, 1.82) is 0 Å². The zero-order valence-corrected chi connectivity index (χ0v) is 12.9. The van der Waals surface area contributed by atoms with Gasteiger partial charge in [-0.1, -0.05) is 12.1 Å². The molecule has 1 atom stereocenters. The molecule has 1 aromatic carbocycles. The second-order valence-electron chi connectivity index (χ2n) is 4.55. The quantitative estimate of drug-likeness (QED) is 0.759. The molecule has 1 aliphatic rings. The molecule has 0 spiro atoms. The third-order valence-corrected chi connectivity index (χ3v) is 3.92. The third kappa shape index (κ3) is 3.30. The number of rotatable bonds is 5. The lowest BCUT2D eigenvalue weighted by Gasteiger charge is -2.21. The molecule has 0 N–H and O–H groups in total. The topological polar surface area (TPSA) is 86.7 Å². The summed E-state index contributed by atoms with van der Waals surface area (Å²) in [5, 5.41) is 10.2. The number of ether oxygens (including phenoxy) is 1. The molecule has 6 nitrogen and oxygen atoms in total. The Morgan fingerprint density at radius 2 is 2.00 bits per heavy atom. The average molecular weight is 320 g/mol. The molecular weight excluding hydrogens is 306 g/mol. The number of aliphatic carboxylic acids is 1. The van der Waals surface area contributed by atoms with Crippen LogP contribution in [0.4, 0.5) is 4.79 Å². The van der Waals surface area contributed by atoms with Crippen LogP contribution in [-0.2, 0) is 9.59 Å². The van der Waals surface area contributed by atoms with Crippen LogP contribution in [0.3, 0.4) is 0 Å². The molecule has 0 bridgehead atoms. The number of amides is 2. The van der Waals surface area contributed by atoms with Gasteiger partial charge >= 0.3 is 0 Å². The summed E-state index contributed by atoms with van der Waals surface area (Å²) >= 11 is 0.713. The van der Waals surface area contributed by atoms with Gasteiger partial charge in [-0.05, 0) is 49.4 Å². The van der Waals surface area contributed by atoms with Crippen molar-refractivity contribution in [3.8, 4) is 5.75 Å². The van der Waals surface area contributed by atoms with Crippen LogP contribution in [-0.4, -0.2) is 34.7 Å². The lowest BCUT2D eigenvalue weighted by molar-refractivity contribution is -0.309. The fourth-order valence-electron chi connectivity index (χ4n) is 1.90. The van der Waals surface area contributed by atoms with E-state index in [1.807, 2.05) is 6.92 Å². The number of carboxylic acid groups (broad SMARTS) is 1. The number of benzene rings is 1. The molecule has 7 heteroatoms. The summed E-state index contributed by atoms with van der Waals surface area (Å²) < 4.78 is 5.32. The van der Waals surface area contributed by atoms with Crippen LogP contribution < -0.4 is 9.84 Å². The number of thioether (sulfide) groups is 1. The SMILES string of the molecule is CCOc1ccc(/C=C2/SC(=O)N([C@@H](C)C(=O)[O-])C2=O)cc1. The minimum Gasteiger partial charge on any atom is -0.548 e. The number of nitrogens with zero attached hydrogens (tertiary/aromatic N) is 1. The lowest BCUT2D eigenvalue weighted by Crippen LogP contribution is -2.48. The van der Waals surface area contributed by atoms with Gasteiger partial charge in [0.25, 0.3) is 11.1 Å². The van der Waals surface area contributed by atoms with E-state index >= 15 is 0 Å². The van der Waals surface area contributed by atoms with Gasteiger partial charge in [0.15, 0.2) is 0 Å². The Morgan fingerprint density at radius 1 is 1.36 bits per heavy atom. The van der Waals surface area contributed by atoms with Gasteiger partial charge in [-0.2, -0.15) is 0 Å². The second-order valence-corrected chi connectivity index (χ2v) is 5.54. The normalized spacial score (nSPS) is 17.9. The first-order valence-corrected chi connectivity index (χ1v) is 7.46. The Bertz CT molecular complexity index is 638. The van der Waals surface area contributed by atoms with E-state index in [1.54, 1.807) is 30.3 Å². The summed E-state index contributed by atoms with van der Waals surface area (Å²) in [6, 6.07) is 5.72. The number of hydrogen-bond acceptors (Lipinski definition) is 6. The Hall–Kier alpha value is -2.28. The number of carbonyl (C=O) groups excluding carboxylic acids is 3. The van der Waals surface area contributed by atoms with Crippen LogP contribution in [0, 0.1) is 0 Å². The molecule has 1 aromatic rings. The molecule has 1 fully saturated rings. The fraction of sp³-hybridized carbons (Fsp3) is 0.267. The van der Waals surface area contributed by atoms with Crippen molar-refractivity contribution in [2.45, 2.75) is 19.9 Å². The minimum atomic E-state index is -1.47. The van der Waals surface area contributed by atoms with Gasteiger partial charge in [-0.25, -0.2) is 0 Å². The highest BCUT2D eigenvalue weighted by Gasteiger charge is 2.38. The van der Waals surface area contributed by atoms with E-state index in [9.17, 15) is 19.5 Å². The lowest BCUT2D eigenvalue weighted by atomic mass is 10.2. The van der Waals surface area contributed by atoms with Crippen LogP contribution in [0.2, 0.25) is 0 Å². The van der Waals surface area contributed by atoms with Gasteiger partial charge in [0.1, 0.15) is 5.75 Å². The molecule has 116 valence electrons. The Labute approximate surface area is 131 Å². The predicted molar refractivity (Wildman–Crippen MR) is 79.9 cm³/mol. The van der Waals surface area contributed by atoms with Crippen LogP contribution in [0.25, 0.3) is 6.08 Å². The number of carboxylic acids is 1. The number of carbonyl (C=O) groups is 3. The molecule has 2 amide bonds. The molecule has 22 heavy (non-hydrogen) atoms. The van der Waals surface area contributed by atoms with Crippen molar-refractivity contribution in [3.05, 3.63) is 34.7 Å². The van der Waals surface area contributed by atoms with Gasteiger partial charge in [-0.3, -0.25) is 14.5 Å². The van der Waals surface area contributed by atoms with Crippen LogP contribution in [0.15, 0.2) is 29.2 Å². The maximum atomic E-state index is 12.1. The smallest absolute Gasteiger partial charge is 0.294 e. The standard InChI is InChI=1S/C15H15NO5S/c1-3-21-11-6-4-10(5-7-11)8-12-13(17)16(15(20)22-12)9(2)14(18)19/h4-9H,3H2,1-2H3,(H,18,19)/p-1/b12-8+/t9-/m0/s1. The van der Waals surface area contributed by atoms with E-state index in [0.29, 0.717) is 29.0 Å². The first-order valence-electron chi connectivity index (χ1n) is 6.64. The second kappa shape index (κ2) is 6.65. The summed E-state index contributed by atoms with van der Waals surface area (Å²) in [7, 11) is 0. The van der Waals surface area contributed by atoms with E-state index in [4.69, 9.17) is 4.74 Å². The van der Waals surface area contributed by atoms with Gasteiger partial charge < -0.3 is 14.6 Å². The number of hydrogen-bond donors (Lipinski definition) is 0. The predicted octanol–water partition coefficient (Wildman–Crippen LogP) is 1.26. The van der Waals surface area contributed by atoms with Gasteiger partial charge in [-0.15, -0.1) is 0 Å². The average Bonchev–Trinajstić information content (AvgIpc) is 2.75. The molecule has 1 saturated heterocycles. The number of imide groups is 1. The van der Waals surface area contributed by atoms with Crippen molar-refractivity contribution in [1.82, 2.24) is 4.90 Å². The van der Waals surface area contributed by atoms with Crippen molar-refractivity contribution in [3.63, 3.8) is 0 Å². The minimum absolute atomic E-state index is 0.183. The summed E-state index contributed by atoms with van der Waals surface area (Å²) in [5.74, 6) is -1.39. The molecule has 0 saturated carbocycles. The monoisotopic (exact) mass is 320 g/mol. The maximum absolute atomic E-state index is 12.1. The largest absolute Gasteiger partial charge is 0.548 e. The summed E-state index contributed by atoms with van der Waals surface area (Å²) in [4.78, 5) is 35.6. The molecule has 1 heterocycles. The van der Waals surface area contributed by atoms with Gasteiger partial charge in [0.2, 0.25) is 0 Å². The highest BCUT2D eigenvalue weighted by molar-refractivity contribution is 8.18. The Balaban J connectivity index is 2.21. The summed E-state index contributed by atoms with van der Waals surface area (Å²) in [6.07, 6.45) is 1.54. The van der Waals surface area contributed by atoms with Crippen molar-refractivity contribution in [2.24, 2.45) is 0 Å². The van der Waals surface area contributed by atoms with Gasteiger partial charge in [0, 0.05) is 0 Å². The van der Waals surface area contributed by atoms with Crippen molar-refractivity contribution in [2.75, 3.05) is 6.61 Å². The molecule has 0 aliphatic carbocycles. The molecular formula is C15H14NO5S-. The molecule has 0 aromatic heterocycles. The molecule has 1 aliphatic heterocycles. The fourth-order valence-corrected chi connectivity index (χ4v) is 2.81. The first kappa shape index (κ1) is 16.1. The Morgan fingerprint density at radius 3 is 2.55 bits per heavy atom. The molecule has 0 radical (unpaired) electrons. The summed E-state index contributed by atoms with van der Waals surface area (Å²) in [5.41, 5.74) is 0.718. The van der Waals surface area contributed by atoms with Crippen LogP contribution >= 0.6 is 11.8 Å². The summed E-state index contributed by atoms with van der Waals surface area (Å²) in [6.45, 7) is 3.67. The van der Waals surface area contributed by atoms with E-state index in [-0.39, 0.29) is 4.91 Å². The van der Waals surface area contributed by atoms with E-state index in [1.165, 1.54) is 6.92 Å². The maximum Gasteiger partial charge on any atom is 0.294 e. The molecule has 0 unspecified atom stereocenters. The van der Waals surface area contributed by atoms with Crippen molar-refractivity contribution < 1.29 is 24.2 Å². The third-order valence-electron chi connectivity index (χ3n) is 3.04. The highest BCUT2D eigenvalue weighted by Crippen LogP contribution is 2.33. The van der Waals surface area contributed by atoms with E-state index in [2.05, 4.69) is 0 Å². The van der Waals surface area contributed by atoms with E-state index < -0.39 is 23.2 Å². The van der Waals surface area contributed by atoms with Crippen LogP contribution in [0.1, 0.15) is 19.4 Å². The Kier molecular flexibility index (Phi) is 4.87. The zero-order chi connectivity index (χ0) is 16.3. The van der Waals surface area contributed by atoms with E-state index in [0.717, 1.165) is 5.56 Å². The van der Waals surface area contributed by atoms with Crippen LogP contribution in [0.5, 0.6) is 5.75 Å². The first-order chi connectivity index (χ1) is 10.4. The zero-order valence-electron chi connectivity index (χ0n) is 12.1.